The highest BCUT2D eigenvalue weighted by Gasteiger charge is 2.13. The Morgan fingerprint density at radius 3 is 2.48 bits per heavy atom. The van der Waals surface area contributed by atoms with E-state index in [-0.39, 0.29) is 17.7 Å². The number of ether oxygens (including phenoxy) is 1. The van der Waals surface area contributed by atoms with E-state index >= 15 is 0 Å². The maximum absolute atomic E-state index is 12.3. The molecule has 0 saturated carbocycles. The number of phenolic OH excluding ortho intramolecular Hbond substituents is 1. The van der Waals surface area contributed by atoms with Gasteiger partial charge in [-0.15, -0.1) is 0 Å². The van der Waals surface area contributed by atoms with Gasteiger partial charge in [-0.1, -0.05) is 49.4 Å². The number of amides is 1. The molecule has 0 unspecified atom stereocenters. The fraction of sp³-hybridized carbons (Fsp3) is 0.381. The smallest absolute Gasteiger partial charge is 0.220 e. The molecule has 0 heterocycles. The molecule has 0 saturated heterocycles. The maximum atomic E-state index is 12.3. The van der Waals surface area contributed by atoms with Gasteiger partial charge in [-0.3, -0.25) is 4.79 Å². The van der Waals surface area contributed by atoms with Crippen LogP contribution in [0.2, 0.25) is 0 Å². The zero-order valence-corrected chi connectivity index (χ0v) is 14.8. The summed E-state index contributed by atoms with van der Waals surface area (Å²) < 4.78 is 5.64. The van der Waals surface area contributed by atoms with Crippen molar-refractivity contribution in [1.82, 2.24) is 5.32 Å². The van der Waals surface area contributed by atoms with Gasteiger partial charge in [-0.05, 0) is 42.5 Å². The minimum atomic E-state index is -0.0700. The number of benzene rings is 2. The monoisotopic (exact) mass is 341 g/mol. The first-order valence-corrected chi connectivity index (χ1v) is 8.86. The molecular formula is C21H27NO3. The molecule has 1 amide bonds. The molecule has 0 bridgehead atoms. The Kier molecular flexibility index (Phi) is 7.99. The highest BCUT2D eigenvalue weighted by Crippen LogP contribution is 2.12. The van der Waals surface area contributed by atoms with Gasteiger partial charge in [0, 0.05) is 13.0 Å². The Balaban J connectivity index is 1.87. The SMILES string of the molecule is CCCOC[C@@H](Cc1ccc(O)cc1)NC(=O)CCc1ccccc1. The van der Waals surface area contributed by atoms with Crippen LogP contribution in [-0.4, -0.2) is 30.3 Å². The lowest BCUT2D eigenvalue weighted by Crippen LogP contribution is -2.40. The third-order valence-corrected chi connectivity index (χ3v) is 3.93. The summed E-state index contributed by atoms with van der Waals surface area (Å²) in [5.41, 5.74) is 2.22. The molecule has 2 rings (SSSR count). The fourth-order valence-electron chi connectivity index (χ4n) is 2.64. The first kappa shape index (κ1) is 19.0. The van der Waals surface area contributed by atoms with Crippen molar-refractivity contribution in [2.75, 3.05) is 13.2 Å². The summed E-state index contributed by atoms with van der Waals surface area (Å²) in [5.74, 6) is 0.280. The molecule has 4 nitrogen and oxygen atoms in total. The molecule has 0 aliphatic carbocycles. The average Bonchev–Trinajstić information content (AvgIpc) is 2.63. The van der Waals surface area contributed by atoms with Crippen LogP contribution in [0.25, 0.3) is 0 Å². The van der Waals surface area contributed by atoms with E-state index in [1.54, 1.807) is 12.1 Å². The molecular weight excluding hydrogens is 314 g/mol. The Bertz CT molecular complexity index is 625. The van der Waals surface area contributed by atoms with Gasteiger partial charge in [0.25, 0.3) is 0 Å². The second-order valence-corrected chi connectivity index (χ2v) is 6.20. The fourth-order valence-corrected chi connectivity index (χ4v) is 2.64. The molecule has 0 aliphatic heterocycles. The van der Waals surface area contributed by atoms with Crippen LogP contribution in [0.4, 0.5) is 0 Å². The zero-order chi connectivity index (χ0) is 17.9. The number of nitrogens with one attached hydrogen (secondary N) is 1. The molecule has 1 atom stereocenters. The normalized spacial score (nSPS) is 11.9. The number of hydrogen-bond acceptors (Lipinski definition) is 3. The molecule has 2 aromatic rings. The topological polar surface area (TPSA) is 58.6 Å². The molecule has 2 N–H and O–H groups in total. The van der Waals surface area contributed by atoms with Crippen molar-refractivity contribution in [3.8, 4) is 5.75 Å². The van der Waals surface area contributed by atoms with Crippen LogP contribution in [0.1, 0.15) is 30.9 Å². The van der Waals surface area contributed by atoms with E-state index in [2.05, 4.69) is 12.2 Å². The lowest BCUT2D eigenvalue weighted by molar-refractivity contribution is -0.122. The first-order valence-electron chi connectivity index (χ1n) is 8.86. The summed E-state index contributed by atoms with van der Waals surface area (Å²) in [6.07, 6.45) is 2.83. The third kappa shape index (κ3) is 7.40. The Hall–Kier alpha value is -2.33. The molecule has 0 spiro atoms. The zero-order valence-electron chi connectivity index (χ0n) is 14.8. The number of aromatic hydroxyl groups is 1. The van der Waals surface area contributed by atoms with Crippen LogP contribution in [0.5, 0.6) is 5.75 Å². The van der Waals surface area contributed by atoms with E-state index in [4.69, 9.17) is 4.74 Å². The summed E-state index contributed by atoms with van der Waals surface area (Å²) in [6.45, 7) is 3.24. The van der Waals surface area contributed by atoms with E-state index in [0.29, 0.717) is 26.1 Å². The van der Waals surface area contributed by atoms with E-state index in [0.717, 1.165) is 24.0 Å². The van der Waals surface area contributed by atoms with Gasteiger partial charge in [0.05, 0.1) is 12.6 Å². The largest absolute Gasteiger partial charge is 0.508 e. The van der Waals surface area contributed by atoms with Gasteiger partial charge in [-0.25, -0.2) is 0 Å². The summed E-state index contributed by atoms with van der Waals surface area (Å²) in [7, 11) is 0. The molecule has 0 fully saturated rings. The van der Waals surface area contributed by atoms with Crippen LogP contribution in [0.3, 0.4) is 0 Å². The van der Waals surface area contributed by atoms with Crippen LogP contribution >= 0.6 is 0 Å². The van der Waals surface area contributed by atoms with Crippen LogP contribution < -0.4 is 5.32 Å². The van der Waals surface area contributed by atoms with Gasteiger partial charge in [0.15, 0.2) is 0 Å². The van der Waals surface area contributed by atoms with Crippen molar-refractivity contribution < 1.29 is 14.6 Å². The van der Waals surface area contributed by atoms with Gasteiger partial charge >= 0.3 is 0 Å². The Labute approximate surface area is 149 Å². The number of carbonyl (C=O) groups excluding carboxylic acids is 1. The standard InChI is InChI=1S/C21H27NO3/c1-2-14-25-16-19(15-18-8-11-20(23)12-9-18)22-21(24)13-10-17-6-4-3-5-7-17/h3-9,11-12,19,23H,2,10,13-16H2,1H3,(H,22,24)/t19-/m1/s1. The van der Waals surface area contributed by atoms with Gasteiger partial charge in [0.1, 0.15) is 5.75 Å². The minimum absolute atomic E-state index is 0.0349. The van der Waals surface area contributed by atoms with Gasteiger partial charge in [0.2, 0.25) is 5.91 Å². The summed E-state index contributed by atoms with van der Waals surface area (Å²) in [4.78, 5) is 12.3. The van der Waals surface area contributed by atoms with Crippen molar-refractivity contribution in [1.29, 1.82) is 0 Å². The second-order valence-electron chi connectivity index (χ2n) is 6.20. The van der Waals surface area contributed by atoms with Crippen LogP contribution in [0, 0.1) is 0 Å². The molecule has 25 heavy (non-hydrogen) atoms. The molecule has 2 aromatic carbocycles. The lowest BCUT2D eigenvalue weighted by Gasteiger charge is -2.19. The number of phenols is 1. The Morgan fingerprint density at radius 2 is 1.80 bits per heavy atom. The van der Waals surface area contributed by atoms with E-state index < -0.39 is 0 Å². The predicted molar refractivity (Wildman–Crippen MR) is 99.6 cm³/mol. The minimum Gasteiger partial charge on any atom is -0.508 e. The highest BCUT2D eigenvalue weighted by atomic mass is 16.5. The van der Waals surface area contributed by atoms with Crippen molar-refractivity contribution >= 4 is 5.91 Å². The number of aryl methyl sites for hydroxylation is 1. The van der Waals surface area contributed by atoms with Crippen molar-refractivity contribution in [2.24, 2.45) is 0 Å². The van der Waals surface area contributed by atoms with Crippen molar-refractivity contribution in [3.63, 3.8) is 0 Å². The van der Waals surface area contributed by atoms with Crippen molar-refractivity contribution in [2.45, 2.75) is 38.6 Å². The third-order valence-electron chi connectivity index (χ3n) is 3.93. The summed E-state index contributed by atoms with van der Waals surface area (Å²) in [5, 5.41) is 12.5. The highest BCUT2D eigenvalue weighted by molar-refractivity contribution is 5.76. The molecule has 4 heteroatoms. The lowest BCUT2D eigenvalue weighted by atomic mass is 10.1. The van der Waals surface area contributed by atoms with Crippen LogP contribution in [0.15, 0.2) is 54.6 Å². The average molecular weight is 341 g/mol. The van der Waals surface area contributed by atoms with Gasteiger partial charge < -0.3 is 15.2 Å². The predicted octanol–water partition coefficient (Wildman–Crippen LogP) is 3.48. The number of rotatable bonds is 10. The number of hydrogen-bond donors (Lipinski definition) is 2. The second kappa shape index (κ2) is 10.5. The first-order chi connectivity index (χ1) is 12.2. The molecule has 0 aromatic heterocycles. The summed E-state index contributed by atoms with van der Waals surface area (Å²) in [6, 6.07) is 17.0. The van der Waals surface area contributed by atoms with E-state index in [1.165, 1.54) is 0 Å². The quantitative estimate of drug-likeness (QED) is 0.651. The van der Waals surface area contributed by atoms with E-state index in [9.17, 15) is 9.90 Å². The van der Waals surface area contributed by atoms with Crippen molar-refractivity contribution in [3.05, 3.63) is 65.7 Å². The van der Waals surface area contributed by atoms with E-state index in [1.807, 2.05) is 42.5 Å². The Morgan fingerprint density at radius 1 is 1.08 bits per heavy atom. The molecule has 134 valence electrons. The molecule has 0 aliphatic rings. The maximum Gasteiger partial charge on any atom is 0.220 e. The number of carbonyl (C=O) groups is 1. The summed E-state index contributed by atoms with van der Waals surface area (Å²) >= 11 is 0. The van der Waals surface area contributed by atoms with Gasteiger partial charge in [-0.2, -0.15) is 0 Å². The molecule has 0 radical (unpaired) electrons. The van der Waals surface area contributed by atoms with Crippen LogP contribution in [-0.2, 0) is 22.4 Å².